The highest BCUT2D eigenvalue weighted by Gasteiger charge is 2.21. The van der Waals surface area contributed by atoms with Gasteiger partial charge in [-0.05, 0) is 43.3 Å². The molecule has 2 aromatic carbocycles. The molecule has 2 aromatic rings. The third kappa shape index (κ3) is 4.38. The van der Waals surface area contributed by atoms with Crippen LogP contribution < -0.4 is 9.64 Å². The highest BCUT2D eigenvalue weighted by Crippen LogP contribution is 2.18. The molecular formula is C20H22N2O3. The highest BCUT2D eigenvalue weighted by atomic mass is 16.5. The Morgan fingerprint density at radius 2 is 1.56 bits per heavy atom. The quantitative estimate of drug-likeness (QED) is 0.787. The first kappa shape index (κ1) is 17.0. The Morgan fingerprint density at radius 1 is 0.920 bits per heavy atom. The monoisotopic (exact) mass is 338 g/mol. The summed E-state index contributed by atoms with van der Waals surface area (Å²) in [5, 5.41) is 0. The highest BCUT2D eigenvalue weighted by molar-refractivity contribution is 5.94. The Bertz CT molecular complexity index is 720. The molecule has 0 saturated carbocycles. The molecule has 5 nitrogen and oxygen atoms in total. The minimum absolute atomic E-state index is 0.00966. The van der Waals surface area contributed by atoms with Crippen LogP contribution in [-0.2, 0) is 4.79 Å². The van der Waals surface area contributed by atoms with Crippen LogP contribution >= 0.6 is 0 Å². The van der Waals surface area contributed by atoms with E-state index in [0.717, 1.165) is 24.3 Å². The second-order valence-corrected chi connectivity index (χ2v) is 6.07. The van der Waals surface area contributed by atoms with Crippen LogP contribution in [0, 0.1) is 0 Å². The molecule has 130 valence electrons. The molecule has 0 radical (unpaired) electrons. The van der Waals surface area contributed by atoms with Gasteiger partial charge in [0.25, 0.3) is 5.91 Å². The van der Waals surface area contributed by atoms with Crippen LogP contribution in [0.1, 0.15) is 17.3 Å². The molecule has 1 amide bonds. The summed E-state index contributed by atoms with van der Waals surface area (Å²) in [6.07, 6.45) is 0. The number of benzene rings is 2. The summed E-state index contributed by atoms with van der Waals surface area (Å²) in [7, 11) is 0. The van der Waals surface area contributed by atoms with Gasteiger partial charge in [0, 0.05) is 37.4 Å². The van der Waals surface area contributed by atoms with Crippen LogP contribution in [0.3, 0.4) is 0 Å². The Kier molecular flexibility index (Phi) is 5.33. The van der Waals surface area contributed by atoms with Crippen LogP contribution in [0.5, 0.6) is 5.75 Å². The Labute approximate surface area is 147 Å². The SMILES string of the molecule is CC(=O)c1ccc(N2CCN(C(=O)COc3ccccc3)CC2)cc1. The van der Waals surface area contributed by atoms with Gasteiger partial charge in [0.2, 0.25) is 0 Å². The first-order valence-corrected chi connectivity index (χ1v) is 8.45. The lowest BCUT2D eigenvalue weighted by molar-refractivity contribution is -0.133. The van der Waals surface area contributed by atoms with Crippen molar-refractivity contribution in [1.29, 1.82) is 0 Å². The fraction of sp³-hybridized carbons (Fsp3) is 0.300. The number of piperazine rings is 1. The fourth-order valence-corrected chi connectivity index (χ4v) is 2.87. The second-order valence-electron chi connectivity index (χ2n) is 6.07. The summed E-state index contributed by atoms with van der Waals surface area (Å²) in [4.78, 5) is 27.7. The van der Waals surface area contributed by atoms with Crippen LogP contribution in [0.2, 0.25) is 0 Å². The molecule has 0 atom stereocenters. The number of amides is 1. The predicted molar refractivity (Wildman–Crippen MR) is 97.2 cm³/mol. The van der Waals surface area contributed by atoms with Gasteiger partial charge in [-0.2, -0.15) is 0 Å². The number of ether oxygens (including phenoxy) is 1. The summed E-state index contributed by atoms with van der Waals surface area (Å²) >= 11 is 0. The molecule has 1 saturated heterocycles. The molecule has 5 heteroatoms. The summed E-state index contributed by atoms with van der Waals surface area (Å²) in [6, 6.07) is 17.0. The molecule has 25 heavy (non-hydrogen) atoms. The minimum atomic E-state index is 0.00966. The van der Waals surface area contributed by atoms with Crippen LogP contribution in [0.4, 0.5) is 5.69 Å². The topological polar surface area (TPSA) is 49.9 Å². The lowest BCUT2D eigenvalue weighted by Gasteiger charge is -2.36. The average molecular weight is 338 g/mol. The van der Waals surface area contributed by atoms with Crippen molar-refractivity contribution < 1.29 is 14.3 Å². The molecule has 1 fully saturated rings. The van der Waals surface area contributed by atoms with Gasteiger partial charge in [-0.15, -0.1) is 0 Å². The van der Waals surface area contributed by atoms with Crippen molar-refractivity contribution in [2.45, 2.75) is 6.92 Å². The third-order valence-electron chi connectivity index (χ3n) is 4.38. The maximum atomic E-state index is 12.3. The van der Waals surface area contributed by atoms with E-state index < -0.39 is 0 Å². The van der Waals surface area contributed by atoms with Crippen molar-refractivity contribution in [3.05, 3.63) is 60.2 Å². The number of rotatable bonds is 5. The van der Waals surface area contributed by atoms with E-state index in [0.29, 0.717) is 18.8 Å². The zero-order valence-corrected chi connectivity index (χ0v) is 14.4. The summed E-state index contributed by atoms with van der Waals surface area (Å²) in [6.45, 7) is 4.53. The number of carbonyl (C=O) groups is 2. The smallest absolute Gasteiger partial charge is 0.260 e. The Hall–Kier alpha value is -2.82. The number of para-hydroxylation sites is 1. The first-order valence-electron chi connectivity index (χ1n) is 8.45. The van der Waals surface area contributed by atoms with Gasteiger partial charge in [0.1, 0.15) is 5.75 Å². The van der Waals surface area contributed by atoms with Crippen molar-refractivity contribution in [2.75, 3.05) is 37.7 Å². The molecule has 1 aliphatic rings. The molecule has 1 heterocycles. The van der Waals surface area contributed by atoms with Gasteiger partial charge in [-0.3, -0.25) is 9.59 Å². The zero-order valence-electron chi connectivity index (χ0n) is 14.4. The molecule has 0 aliphatic carbocycles. The average Bonchev–Trinajstić information content (AvgIpc) is 2.67. The van der Waals surface area contributed by atoms with Crippen molar-refractivity contribution in [1.82, 2.24) is 4.90 Å². The largest absolute Gasteiger partial charge is 0.484 e. The number of hydrogen-bond acceptors (Lipinski definition) is 4. The number of carbonyl (C=O) groups excluding carboxylic acids is 2. The first-order chi connectivity index (χ1) is 12.1. The van der Waals surface area contributed by atoms with Crippen molar-refractivity contribution >= 4 is 17.4 Å². The van der Waals surface area contributed by atoms with Crippen molar-refractivity contribution in [3.63, 3.8) is 0 Å². The van der Waals surface area contributed by atoms with Gasteiger partial charge in [-0.25, -0.2) is 0 Å². The normalized spacial score (nSPS) is 14.3. The molecule has 0 aromatic heterocycles. The van der Waals surface area contributed by atoms with Crippen LogP contribution in [0.25, 0.3) is 0 Å². The van der Waals surface area contributed by atoms with Crippen LogP contribution in [0.15, 0.2) is 54.6 Å². The van der Waals surface area contributed by atoms with Gasteiger partial charge >= 0.3 is 0 Å². The van der Waals surface area contributed by atoms with E-state index in [1.165, 1.54) is 0 Å². The number of nitrogens with zero attached hydrogens (tertiary/aromatic N) is 2. The predicted octanol–water partition coefficient (Wildman–Crippen LogP) is 2.62. The Balaban J connectivity index is 1.49. The van der Waals surface area contributed by atoms with Gasteiger partial charge in [0.05, 0.1) is 0 Å². The van der Waals surface area contributed by atoms with Crippen molar-refractivity contribution in [3.8, 4) is 5.75 Å². The van der Waals surface area contributed by atoms with E-state index in [4.69, 9.17) is 4.74 Å². The number of hydrogen-bond donors (Lipinski definition) is 0. The maximum Gasteiger partial charge on any atom is 0.260 e. The molecule has 0 unspecified atom stereocenters. The van der Waals surface area contributed by atoms with Crippen LogP contribution in [-0.4, -0.2) is 49.4 Å². The number of Topliss-reactive ketones (excluding diaryl/α,β-unsaturated/α-hetero) is 1. The summed E-state index contributed by atoms with van der Waals surface area (Å²) in [5.74, 6) is 0.788. The third-order valence-corrected chi connectivity index (χ3v) is 4.38. The minimum Gasteiger partial charge on any atom is -0.484 e. The molecule has 3 rings (SSSR count). The zero-order chi connectivity index (χ0) is 17.6. The standard InChI is InChI=1S/C20H22N2O3/c1-16(23)17-7-9-18(10-8-17)21-11-13-22(14-12-21)20(24)15-25-19-5-3-2-4-6-19/h2-10H,11-15H2,1H3. The molecule has 0 N–H and O–H groups in total. The van der Waals surface area contributed by atoms with Gasteiger partial charge in [-0.1, -0.05) is 18.2 Å². The van der Waals surface area contributed by atoms with E-state index in [1.807, 2.05) is 59.5 Å². The number of ketones is 1. The lowest BCUT2D eigenvalue weighted by Crippen LogP contribution is -2.50. The lowest BCUT2D eigenvalue weighted by atomic mass is 10.1. The molecule has 0 spiro atoms. The molecule has 0 bridgehead atoms. The molecule has 1 aliphatic heterocycles. The van der Waals surface area contributed by atoms with E-state index in [-0.39, 0.29) is 18.3 Å². The van der Waals surface area contributed by atoms with Crippen molar-refractivity contribution in [2.24, 2.45) is 0 Å². The summed E-state index contributed by atoms with van der Waals surface area (Å²) < 4.78 is 5.53. The van der Waals surface area contributed by atoms with E-state index in [9.17, 15) is 9.59 Å². The van der Waals surface area contributed by atoms with E-state index >= 15 is 0 Å². The van der Waals surface area contributed by atoms with Gasteiger partial charge < -0.3 is 14.5 Å². The number of anilines is 1. The molecular weight excluding hydrogens is 316 g/mol. The van der Waals surface area contributed by atoms with E-state index in [2.05, 4.69) is 4.90 Å². The fourth-order valence-electron chi connectivity index (χ4n) is 2.87. The Morgan fingerprint density at radius 3 is 2.16 bits per heavy atom. The second kappa shape index (κ2) is 7.83. The van der Waals surface area contributed by atoms with Gasteiger partial charge in [0.15, 0.2) is 12.4 Å². The van der Waals surface area contributed by atoms with E-state index in [1.54, 1.807) is 6.92 Å². The summed E-state index contributed by atoms with van der Waals surface area (Å²) in [5.41, 5.74) is 1.80. The maximum absolute atomic E-state index is 12.3.